The lowest BCUT2D eigenvalue weighted by molar-refractivity contribution is 0.975. The summed E-state index contributed by atoms with van der Waals surface area (Å²) in [6.45, 7) is 0. The Morgan fingerprint density at radius 1 is 1.00 bits per heavy atom. The van der Waals surface area contributed by atoms with Crippen LogP contribution in [0.15, 0.2) is 47.8 Å². The van der Waals surface area contributed by atoms with Crippen molar-refractivity contribution in [1.29, 1.82) is 0 Å². The molecule has 0 radical (unpaired) electrons. The number of halogens is 2. The number of pyridine rings is 1. The minimum absolute atomic E-state index is 0.0402. The van der Waals surface area contributed by atoms with Gasteiger partial charge in [-0.25, -0.2) is 4.98 Å². The third kappa shape index (κ3) is 3.15. The Kier molecular flexibility index (Phi) is 4.27. The molecule has 2 nitrogen and oxygen atoms in total. The summed E-state index contributed by atoms with van der Waals surface area (Å²) in [7, 11) is 0. The first-order valence-corrected chi connectivity index (χ1v) is 8.35. The van der Waals surface area contributed by atoms with Gasteiger partial charge in [-0.15, -0.1) is 22.7 Å². The largest absolute Gasteiger partial charge is 0.357 e. The molecule has 3 aromatic heterocycles. The average molecular weight is 341 g/mol. The van der Waals surface area contributed by atoms with E-state index < -0.39 is 0 Å². The standard InChI is InChI=1S/C14H10Cl2N2S2/c15-11-4-1-5-13(17-11)18-14(9-3-2-8-19-9)10-6-7-12(16)20-10/h1-8,14H,(H,17,18). The highest BCUT2D eigenvalue weighted by molar-refractivity contribution is 7.16. The lowest BCUT2D eigenvalue weighted by Gasteiger charge is -2.16. The van der Waals surface area contributed by atoms with E-state index in [9.17, 15) is 0 Å². The van der Waals surface area contributed by atoms with Crippen molar-refractivity contribution in [2.45, 2.75) is 6.04 Å². The molecule has 0 saturated heterocycles. The van der Waals surface area contributed by atoms with Gasteiger partial charge in [0, 0.05) is 9.75 Å². The van der Waals surface area contributed by atoms with Gasteiger partial charge >= 0.3 is 0 Å². The molecule has 0 aliphatic carbocycles. The molecule has 20 heavy (non-hydrogen) atoms. The molecule has 0 aromatic carbocycles. The number of rotatable bonds is 4. The van der Waals surface area contributed by atoms with E-state index >= 15 is 0 Å². The quantitative estimate of drug-likeness (QED) is 0.615. The van der Waals surface area contributed by atoms with E-state index in [4.69, 9.17) is 23.2 Å². The van der Waals surface area contributed by atoms with E-state index in [1.54, 1.807) is 28.7 Å². The number of thiophene rings is 2. The minimum atomic E-state index is 0.0402. The van der Waals surface area contributed by atoms with Crippen molar-refractivity contribution in [2.75, 3.05) is 5.32 Å². The molecule has 6 heteroatoms. The molecule has 3 aromatic rings. The fraction of sp³-hybridized carbons (Fsp3) is 0.0714. The van der Waals surface area contributed by atoms with Crippen LogP contribution in [0.25, 0.3) is 0 Å². The van der Waals surface area contributed by atoms with Gasteiger partial charge in [0.2, 0.25) is 0 Å². The van der Waals surface area contributed by atoms with Crippen molar-refractivity contribution >= 4 is 51.7 Å². The molecule has 3 rings (SSSR count). The first-order valence-electron chi connectivity index (χ1n) is 5.90. The number of aromatic nitrogens is 1. The van der Waals surface area contributed by atoms with Crippen LogP contribution in [0.3, 0.4) is 0 Å². The molecule has 0 bridgehead atoms. The highest BCUT2D eigenvalue weighted by atomic mass is 35.5. The lowest BCUT2D eigenvalue weighted by Crippen LogP contribution is -2.10. The summed E-state index contributed by atoms with van der Waals surface area (Å²) in [5.41, 5.74) is 0. The third-order valence-electron chi connectivity index (χ3n) is 2.71. The zero-order valence-electron chi connectivity index (χ0n) is 10.2. The van der Waals surface area contributed by atoms with Crippen molar-refractivity contribution in [3.05, 3.63) is 67.1 Å². The zero-order valence-corrected chi connectivity index (χ0v) is 13.4. The van der Waals surface area contributed by atoms with Crippen molar-refractivity contribution < 1.29 is 0 Å². The number of hydrogen-bond donors (Lipinski definition) is 1. The monoisotopic (exact) mass is 340 g/mol. The van der Waals surface area contributed by atoms with Crippen LogP contribution in [0, 0.1) is 0 Å². The molecule has 1 unspecified atom stereocenters. The van der Waals surface area contributed by atoms with Gasteiger partial charge in [0.15, 0.2) is 0 Å². The number of anilines is 1. The summed E-state index contributed by atoms with van der Waals surface area (Å²) in [5, 5.41) is 5.95. The number of nitrogens with one attached hydrogen (secondary N) is 1. The first kappa shape index (κ1) is 13.9. The highest BCUT2D eigenvalue weighted by Crippen LogP contribution is 2.35. The van der Waals surface area contributed by atoms with Crippen LogP contribution in [-0.4, -0.2) is 4.98 Å². The van der Waals surface area contributed by atoms with E-state index in [-0.39, 0.29) is 6.04 Å². The van der Waals surface area contributed by atoms with Crippen LogP contribution in [0.4, 0.5) is 5.82 Å². The number of nitrogens with zero attached hydrogens (tertiary/aromatic N) is 1. The Bertz CT molecular complexity index is 695. The summed E-state index contributed by atoms with van der Waals surface area (Å²) in [6.07, 6.45) is 0. The van der Waals surface area contributed by atoms with Crippen LogP contribution in [0.1, 0.15) is 15.8 Å². The normalized spacial score (nSPS) is 12.3. The van der Waals surface area contributed by atoms with E-state index in [2.05, 4.69) is 21.7 Å². The second-order valence-electron chi connectivity index (χ2n) is 4.08. The Morgan fingerprint density at radius 3 is 2.55 bits per heavy atom. The molecule has 0 fully saturated rings. The molecule has 0 spiro atoms. The predicted octanol–water partition coefficient (Wildman–Crippen LogP) is 5.71. The molecule has 3 heterocycles. The Hall–Kier alpha value is -1.07. The van der Waals surface area contributed by atoms with Crippen molar-refractivity contribution in [3.8, 4) is 0 Å². The van der Waals surface area contributed by atoms with Gasteiger partial charge in [-0.3, -0.25) is 0 Å². The summed E-state index contributed by atoms with van der Waals surface area (Å²) in [4.78, 5) is 6.65. The summed E-state index contributed by atoms with van der Waals surface area (Å²) in [6, 6.07) is 13.7. The van der Waals surface area contributed by atoms with E-state index in [0.717, 1.165) is 15.0 Å². The van der Waals surface area contributed by atoms with Gasteiger partial charge in [-0.2, -0.15) is 0 Å². The van der Waals surface area contributed by atoms with Crippen LogP contribution in [0.2, 0.25) is 9.49 Å². The van der Waals surface area contributed by atoms with E-state index in [1.807, 2.05) is 30.3 Å². The SMILES string of the molecule is Clc1cccc(NC(c2cccs2)c2ccc(Cl)s2)n1. The second kappa shape index (κ2) is 6.14. The van der Waals surface area contributed by atoms with Gasteiger partial charge in [0.05, 0.1) is 10.4 Å². The Labute approximate surface area is 135 Å². The summed E-state index contributed by atoms with van der Waals surface area (Å²) >= 11 is 15.3. The van der Waals surface area contributed by atoms with Gasteiger partial charge in [0.25, 0.3) is 0 Å². The van der Waals surface area contributed by atoms with Crippen molar-refractivity contribution in [1.82, 2.24) is 4.98 Å². The molecule has 0 amide bonds. The molecule has 1 atom stereocenters. The molecule has 0 saturated carbocycles. The molecule has 0 aliphatic rings. The molecule has 102 valence electrons. The Morgan fingerprint density at radius 2 is 1.90 bits per heavy atom. The second-order valence-corrected chi connectivity index (χ2v) is 7.19. The van der Waals surface area contributed by atoms with Crippen LogP contribution in [-0.2, 0) is 0 Å². The fourth-order valence-electron chi connectivity index (χ4n) is 1.86. The Balaban J connectivity index is 1.94. The molecule has 1 N–H and O–H groups in total. The van der Waals surface area contributed by atoms with E-state index in [1.165, 1.54) is 4.88 Å². The van der Waals surface area contributed by atoms with Crippen LogP contribution >= 0.6 is 45.9 Å². The molecular formula is C14H10Cl2N2S2. The topological polar surface area (TPSA) is 24.9 Å². The van der Waals surface area contributed by atoms with Gasteiger partial charge in [-0.05, 0) is 35.7 Å². The summed E-state index contributed by atoms with van der Waals surface area (Å²) in [5.74, 6) is 0.750. The maximum Gasteiger partial charge on any atom is 0.131 e. The zero-order chi connectivity index (χ0) is 13.9. The maximum absolute atomic E-state index is 6.05. The predicted molar refractivity (Wildman–Crippen MR) is 88.4 cm³/mol. The van der Waals surface area contributed by atoms with Crippen LogP contribution in [0.5, 0.6) is 0 Å². The fourth-order valence-corrected chi connectivity index (χ4v) is 4.02. The van der Waals surface area contributed by atoms with E-state index in [0.29, 0.717) is 5.15 Å². The van der Waals surface area contributed by atoms with Gasteiger partial charge in [-0.1, -0.05) is 35.3 Å². The van der Waals surface area contributed by atoms with Crippen molar-refractivity contribution in [2.24, 2.45) is 0 Å². The first-order chi connectivity index (χ1) is 9.72. The average Bonchev–Trinajstić information content (AvgIpc) is 3.07. The summed E-state index contributed by atoms with van der Waals surface area (Å²) < 4.78 is 0.780. The highest BCUT2D eigenvalue weighted by Gasteiger charge is 2.17. The maximum atomic E-state index is 6.05. The lowest BCUT2D eigenvalue weighted by atomic mass is 10.2. The minimum Gasteiger partial charge on any atom is -0.357 e. The number of hydrogen-bond acceptors (Lipinski definition) is 4. The van der Waals surface area contributed by atoms with Crippen molar-refractivity contribution in [3.63, 3.8) is 0 Å². The molecule has 0 aliphatic heterocycles. The van der Waals surface area contributed by atoms with Crippen LogP contribution < -0.4 is 5.32 Å². The molecular weight excluding hydrogens is 331 g/mol. The third-order valence-corrected chi connectivity index (χ3v) is 5.16. The van der Waals surface area contributed by atoms with Gasteiger partial charge < -0.3 is 5.32 Å². The smallest absolute Gasteiger partial charge is 0.131 e. The van der Waals surface area contributed by atoms with Gasteiger partial charge in [0.1, 0.15) is 11.0 Å².